The molecule has 2 amide bonds. The quantitative estimate of drug-likeness (QED) is 0.445. The molecule has 178 valence electrons. The zero-order valence-corrected chi connectivity index (χ0v) is 19.6. The minimum absolute atomic E-state index is 0.0599. The second kappa shape index (κ2) is 9.93. The van der Waals surface area contributed by atoms with Crippen molar-refractivity contribution < 1.29 is 34.8 Å². The highest BCUT2D eigenvalue weighted by molar-refractivity contribution is 7.87. The Morgan fingerprint density at radius 3 is 1.12 bits per heavy atom. The third-order valence-electron chi connectivity index (χ3n) is 4.16. The van der Waals surface area contributed by atoms with Crippen molar-refractivity contribution in [2.75, 3.05) is 10.6 Å². The fourth-order valence-electron chi connectivity index (χ4n) is 2.72. The lowest BCUT2D eigenvalue weighted by Crippen LogP contribution is -2.11. The van der Waals surface area contributed by atoms with Gasteiger partial charge in [0.15, 0.2) is 0 Å². The molecule has 0 radical (unpaired) electrons. The molecule has 2 N–H and O–H groups in total. The van der Waals surface area contributed by atoms with Gasteiger partial charge in [-0.05, 0) is 72.8 Å². The molecule has 3 rings (SSSR count). The Labute approximate surface area is 196 Å². The molecule has 0 heterocycles. The minimum atomic E-state index is -4.16. The number of hydrogen-bond acceptors (Lipinski definition) is 8. The average Bonchev–Trinajstić information content (AvgIpc) is 2.75. The number of rotatable bonds is 8. The molecular formula is C22H20N2O8S2. The van der Waals surface area contributed by atoms with Crippen LogP contribution in [0.5, 0.6) is 11.5 Å². The van der Waals surface area contributed by atoms with Crippen molar-refractivity contribution in [2.45, 2.75) is 23.6 Å². The largest absolute Gasteiger partial charge is 0.379 e. The van der Waals surface area contributed by atoms with E-state index in [-0.39, 0.29) is 33.1 Å². The van der Waals surface area contributed by atoms with E-state index in [0.717, 1.165) is 0 Å². The monoisotopic (exact) mass is 504 g/mol. The maximum atomic E-state index is 12.5. The Hall–Kier alpha value is -3.90. The first-order valence-corrected chi connectivity index (χ1v) is 12.5. The molecule has 0 aliphatic rings. The molecule has 0 spiro atoms. The van der Waals surface area contributed by atoms with Crippen LogP contribution in [0, 0.1) is 0 Å². The number of anilines is 2. The van der Waals surface area contributed by atoms with Crippen LogP contribution in [0.2, 0.25) is 0 Å². The fourth-order valence-corrected chi connectivity index (χ4v) is 4.58. The number of amides is 2. The van der Waals surface area contributed by atoms with Gasteiger partial charge in [0.05, 0.1) is 0 Å². The Bertz CT molecular complexity index is 1290. The smallest absolute Gasteiger partial charge is 0.339 e. The summed E-state index contributed by atoms with van der Waals surface area (Å²) in [5.41, 5.74) is 0.859. The minimum Gasteiger partial charge on any atom is -0.379 e. The van der Waals surface area contributed by atoms with Gasteiger partial charge in [-0.3, -0.25) is 9.59 Å². The van der Waals surface area contributed by atoms with Crippen molar-refractivity contribution in [3.8, 4) is 11.5 Å². The predicted molar refractivity (Wildman–Crippen MR) is 124 cm³/mol. The summed E-state index contributed by atoms with van der Waals surface area (Å²) in [4.78, 5) is 21.9. The van der Waals surface area contributed by atoms with Crippen molar-refractivity contribution >= 4 is 43.4 Å². The van der Waals surface area contributed by atoms with E-state index in [1.165, 1.54) is 86.6 Å². The lowest BCUT2D eigenvalue weighted by Gasteiger charge is -2.10. The first-order chi connectivity index (χ1) is 15.9. The van der Waals surface area contributed by atoms with Crippen LogP contribution in [0.4, 0.5) is 11.4 Å². The summed E-state index contributed by atoms with van der Waals surface area (Å²) < 4.78 is 60.0. The van der Waals surface area contributed by atoms with Crippen LogP contribution in [0.25, 0.3) is 0 Å². The van der Waals surface area contributed by atoms with E-state index in [2.05, 4.69) is 10.6 Å². The van der Waals surface area contributed by atoms with Gasteiger partial charge in [0.1, 0.15) is 21.3 Å². The Balaban J connectivity index is 1.68. The average molecular weight is 505 g/mol. The van der Waals surface area contributed by atoms with E-state index in [1.54, 1.807) is 0 Å². The molecule has 0 saturated heterocycles. The van der Waals surface area contributed by atoms with Crippen molar-refractivity contribution in [2.24, 2.45) is 0 Å². The first-order valence-electron chi connectivity index (χ1n) is 9.69. The maximum Gasteiger partial charge on any atom is 0.339 e. The highest BCUT2D eigenvalue weighted by Crippen LogP contribution is 2.25. The second-order valence-electron chi connectivity index (χ2n) is 6.96. The van der Waals surface area contributed by atoms with E-state index in [1.807, 2.05) is 0 Å². The molecule has 34 heavy (non-hydrogen) atoms. The summed E-state index contributed by atoms with van der Waals surface area (Å²) in [6.07, 6.45) is 0. The summed E-state index contributed by atoms with van der Waals surface area (Å²) in [7, 11) is -8.33. The Morgan fingerprint density at radius 1 is 0.559 bits per heavy atom. The van der Waals surface area contributed by atoms with Gasteiger partial charge in [0.25, 0.3) is 0 Å². The zero-order chi connectivity index (χ0) is 24.9. The molecule has 0 bridgehead atoms. The molecule has 3 aromatic carbocycles. The zero-order valence-electron chi connectivity index (χ0n) is 18.0. The van der Waals surface area contributed by atoms with E-state index in [9.17, 15) is 26.4 Å². The van der Waals surface area contributed by atoms with Crippen LogP contribution >= 0.6 is 0 Å². The van der Waals surface area contributed by atoms with Crippen molar-refractivity contribution in [1.82, 2.24) is 0 Å². The van der Waals surface area contributed by atoms with Gasteiger partial charge < -0.3 is 19.0 Å². The van der Waals surface area contributed by atoms with Gasteiger partial charge in [0, 0.05) is 25.2 Å². The van der Waals surface area contributed by atoms with Gasteiger partial charge in [-0.25, -0.2) is 0 Å². The first kappa shape index (κ1) is 24.7. The van der Waals surface area contributed by atoms with Gasteiger partial charge in [-0.15, -0.1) is 0 Å². The van der Waals surface area contributed by atoms with Gasteiger partial charge in [-0.1, -0.05) is 0 Å². The third kappa shape index (κ3) is 6.56. The maximum absolute atomic E-state index is 12.5. The highest BCUT2D eigenvalue weighted by Gasteiger charge is 2.19. The molecule has 0 aromatic heterocycles. The van der Waals surface area contributed by atoms with Crippen molar-refractivity contribution in [1.29, 1.82) is 0 Å². The van der Waals surface area contributed by atoms with Crippen molar-refractivity contribution in [3.05, 3.63) is 72.8 Å². The topological polar surface area (TPSA) is 145 Å². The predicted octanol–water partition coefficient (Wildman–Crippen LogP) is 3.14. The second-order valence-corrected chi connectivity index (χ2v) is 10.1. The molecule has 0 fully saturated rings. The lowest BCUT2D eigenvalue weighted by molar-refractivity contribution is -0.115. The van der Waals surface area contributed by atoms with E-state index >= 15 is 0 Å². The molecule has 0 aliphatic heterocycles. The van der Waals surface area contributed by atoms with Crippen LogP contribution in [0.1, 0.15) is 13.8 Å². The molecule has 10 nitrogen and oxygen atoms in total. The van der Waals surface area contributed by atoms with E-state index < -0.39 is 20.2 Å². The van der Waals surface area contributed by atoms with E-state index in [4.69, 9.17) is 8.37 Å². The van der Waals surface area contributed by atoms with Crippen LogP contribution in [0.15, 0.2) is 82.6 Å². The lowest BCUT2D eigenvalue weighted by atomic mass is 10.3. The molecule has 0 atom stereocenters. The summed E-state index contributed by atoms with van der Waals surface area (Å²) >= 11 is 0. The van der Waals surface area contributed by atoms with E-state index in [0.29, 0.717) is 11.4 Å². The van der Waals surface area contributed by atoms with Crippen LogP contribution in [0.3, 0.4) is 0 Å². The number of carbonyl (C=O) groups excluding carboxylic acids is 2. The highest BCUT2D eigenvalue weighted by atomic mass is 32.2. The SMILES string of the molecule is CC(=O)Nc1ccc(S(=O)(=O)Oc2ccc(OS(=O)(=O)c3ccc(NC(C)=O)cc3)cc2)cc1. The summed E-state index contributed by atoms with van der Waals surface area (Å²) in [6, 6.07) is 15.8. The standard InChI is InChI=1S/C22H20N2O8S2/c1-15(25)23-17-3-11-21(12-4-17)33(27,28)31-19-7-9-20(10-8-19)32-34(29,30)22-13-5-18(6-14-22)24-16(2)26/h3-14H,1-2H3,(H,23,25)(H,24,26). The number of nitrogens with one attached hydrogen (secondary N) is 2. The molecule has 12 heteroatoms. The van der Waals surface area contributed by atoms with Crippen LogP contribution in [-0.2, 0) is 29.8 Å². The summed E-state index contributed by atoms with van der Waals surface area (Å²) in [5.74, 6) is -0.706. The van der Waals surface area contributed by atoms with Gasteiger partial charge >= 0.3 is 20.2 Å². The van der Waals surface area contributed by atoms with Crippen molar-refractivity contribution in [3.63, 3.8) is 0 Å². The fraction of sp³-hybridized carbons (Fsp3) is 0.0909. The normalized spacial score (nSPS) is 11.4. The number of benzene rings is 3. The molecule has 3 aromatic rings. The molecule has 0 saturated carbocycles. The molecular weight excluding hydrogens is 484 g/mol. The Kier molecular flexibility index (Phi) is 7.23. The number of hydrogen-bond donors (Lipinski definition) is 2. The third-order valence-corrected chi connectivity index (χ3v) is 6.69. The molecule has 0 aliphatic carbocycles. The number of carbonyl (C=O) groups is 2. The summed E-state index contributed by atoms with van der Waals surface area (Å²) in [5, 5.41) is 5.05. The van der Waals surface area contributed by atoms with Gasteiger partial charge in [0.2, 0.25) is 11.8 Å². The molecule has 0 unspecified atom stereocenters. The van der Waals surface area contributed by atoms with Crippen LogP contribution in [-0.4, -0.2) is 28.6 Å². The van der Waals surface area contributed by atoms with Crippen LogP contribution < -0.4 is 19.0 Å². The van der Waals surface area contributed by atoms with Gasteiger partial charge in [-0.2, -0.15) is 16.8 Å². The summed E-state index contributed by atoms with van der Waals surface area (Å²) in [6.45, 7) is 2.66. The Morgan fingerprint density at radius 2 is 0.853 bits per heavy atom.